The van der Waals surface area contributed by atoms with Crippen LogP contribution in [-0.4, -0.2) is 5.11 Å². The van der Waals surface area contributed by atoms with Crippen LogP contribution < -0.4 is 4.74 Å². The molecule has 132 valence electrons. The van der Waals surface area contributed by atoms with E-state index in [-0.39, 0.29) is 5.75 Å². The van der Waals surface area contributed by atoms with Crippen LogP contribution in [0, 0.1) is 22.7 Å². The molecule has 0 aromatic heterocycles. The van der Waals surface area contributed by atoms with E-state index in [0.717, 1.165) is 16.0 Å². The SMILES string of the molecule is N#Cc1ccc(COc2ccc(SCc3ccc(C#N)cc3)c(O)c2)cc1. The van der Waals surface area contributed by atoms with Gasteiger partial charge >= 0.3 is 0 Å². The second-order valence-electron chi connectivity index (χ2n) is 5.82. The van der Waals surface area contributed by atoms with Gasteiger partial charge in [0.05, 0.1) is 23.3 Å². The molecule has 0 aliphatic heterocycles. The van der Waals surface area contributed by atoms with Crippen LogP contribution in [0.5, 0.6) is 11.5 Å². The summed E-state index contributed by atoms with van der Waals surface area (Å²) in [6, 6.07) is 24.0. The summed E-state index contributed by atoms with van der Waals surface area (Å²) in [5.74, 6) is 1.45. The lowest BCUT2D eigenvalue weighted by atomic mass is 10.2. The number of nitrogens with zero attached hydrogens (tertiary/aromatic N) is 2. The van der Waals surface area contributed by atoms with Gasteiger partial charge in [-0.25, -0.2) is 0 Å². The number of hydrogen-bond acceptors (Lipinski definition) is 5. The molecule has 0 aliphatic carbocycles. The van der Waals surface area contributed by atoms with Crippen molar-refractivity contribution < 1.29 is 9.84 Å². The Hall–Kier alpha value is -3.41. The van der Waals surface area contributed by atoms with Gasteiger partial charge in [-0.15, -0.1) is 11.8 Å². The van der Waals surface area contributed by atoms with E-state index in [1.54, 1.807) is 30.3 Å². The molecule has 0 spiro atoms. The smallest absolute Gasteiger partial charge is 0.132 e. The average molecular weight is 372 g/mol. The third-order valence-corrected chi connectivity index (χ3v) is 5.03. The van der Waals surface area contributed by atoms with E-state index in [0.29, 0.717) is 29.2 Å². The van der Waals surface area contributed by atoms with Crippen LogP contribution in [0.1, 0.15) is 22.3 Å². The minimum absolute atomic E-state index is 0.172. The normalized spacial score (nSPS) is 10.0. The summed E-state index contributed by atoms with van der Waals surface area (Å²) in [6.45, 7) is 0.364. The van der Waals surface area contributed by atoms with E-state index in [1.807, 2.05) is 36.4 Å². The monoisotopic (exact) mass is 372 g/mol. The highest BCUT2D eigenvalue weighted by molar-refractivity contribution is 7.98. The Kier molecular flexibility index (Phi) is 5.99. The topological polar surface area (TPSA) is 77.0 Å². The van der Waals surface area contributed by atoms with Crippen LogP contribution in [-0.2, 0) is 12.4 Å². The maximum Gasteiger partial charge on any atom is 0.132 e. The van der Waals surface area contributed by atoms with Gasteiger partial charge in [0.15, 0.2) is 0 Å². The lowest BCUT2D eigenvalue weighted by Gasteiger charge is -2.09. The fraction of sp³-hybridized carbons (Fsp3) is 0.0909. The largest absolute Gasteiger partial charge is 0.507 e. The van der Waals surface area contributed by atoms with Crippen molar-refractivity contribution in [2.45, 2.75) is 17.3 Å². The number of phenols is 1. The maximum atomic E-state index is 10.2. The molecule has 0 heterocycles. The average Bonchev–Trinajstić information content (AvgIpc) is 2.72. The zero-order chi connectivity index (χ0) is 19.1. The van der Waals surface area contributed by atoms with Gasteiger partial charge in [0, 0.05) is 16.7 Å². The van der Waals surface area contributed by atoms with E-state index in [9.17, 15) is 5.11 Å². The van der Waals surface area contributed by atoms with Crippen molar-refractivity contribution in [2.75, 3.05) is 0 Å². The van der Waals surface area contributed by atoms with Crippen LogP contribution in [0.2, 0.25) is 0 Å². The summed E-state index contributed by atoms with van der Waals surface area (Å²) in [5.41, 5.74) is 3.28. The molecule has 0 saturated carbocycles. The van der Waals surface area contributed by atoms with Crippen molar-refractivity contribution in [3.63, 3.8) is 0 Å². The molecule has 3 aromatic rings. The Morgan fingerprint density at radius 1 is 0.815 bits per heavy atom. The van der Waals surface area contributed by atoms with Gasteiger partial charge in [-0.05, 0) is 47.5 Å². The molecule has 0 unspecified atom stereocenters. The van der Waals surface area contributed by atoms with Crippen molar-refractivity contribution in [2.24, 2.45) is 0 Å². The molecule has 0 radical (unpaired) electrons. The Morgan fingerprint density at radius 3 is 1.96 bits per heavy atom. The Labute approximate surface area is 162 Å². The van der Waals surface area contributed by atoms with E-state index < -0.39 is 0 Å². The Bertz CT molecular complexity index is 1000. The molecule has 3 rings (SSSR count). The number of thioether (sulfide) groups is 1. The maximum absolute atomic E-state index is 10.2. The summed E-state index contributed by atoms with van der Waals surface area (Å²) in [4.78, 5) is 0.769. The first-order valence-electron chi connectivity index (χ1n) is 8.24. The molecule has 0 saturated heterocycles. The summed E-state index contributed by atoms with van der Waals surface area (Å²) in [7, 11) is 0. The molecule has 0 bridgehead atoms. The van der Waals surface area contributed by atoms with Crippen molar-refractivity contribution in [1.82, 2.24) is 0 Å². The van der Waals surface area contributed by atoms with Crippen molar-refractivity contribution in [3.05, 3.63) is 89.0 Å². The van der Waals surface area contributed by atoms with Gasteiger partial charge in [0.2, 0.25) is 0 Å². The first-order valence-corrected chi connectivity index (χ1v) is 9.23. The Balaban J connectivity index is 1.57. The van der Waals surface area contributed by atoms with Crippen LogP contribution in [0.4, 0.5) is 0 Å². The summed E-state index contributed by atoms with van der Waals surface area (Å²) < 4.78 is 5.71. The lowest BCUT2D eigenvalue weighted by molar-refractivity contribution is 0.304. The third-order valence-electron chi connectivity index (χ3n) is 3.90. The van der Waals surface area contributed by atoms with Crippen LogP contribution in [0.25, 0.3) is 0 Å². The molecule has 1 N–H and O–H groups in total. The van der Waals surface area contributed by atoms with E-state index in [2.05, 4.69) is 12.1 Å². The molecule has 0 aliphatic rings. The Morgan fingerprint density at radius 2 is 1.41 bits per heavy atom. The fourth-order valence-electron chi connectivity index (χ4n) is 2.39. The number of ether oxygens (including phenoxy) is 1. The summed E-state index contributed by atoms with van der Waals surface area (Å²) >= 11 is 1.52. The van der Waals surface area contributed by atoms with Gasteiger partial charge in [-0.1, -0.05) is 24.3 Å². The predicted octanol–water partition coefficient (Wildman–Crippen LogP) is 5.01. The number of phenolic OH excluding ortho intramolecular Hbond substituents is 1. The van der Waals surface area contributed by atoms with E-state index >= 15 is 0 Å². The van der Waals surface area contributed by atoms with Crippen molar-refractivity contribution >= 4 is 11.8 Å². The first kappa shape index (κ1) is 18.4. The summed E-state index contributed by atoms with van der Waals surface area (Å²) in [5, 5.41) is 27.9. The standard InChI is InChI=1S/C22H16N2O2S/c23-12-16-1-5-18(6-2-16)14-26-20-9-10-22(21(25)11-20)27-15-19-7-3-17(13-24)4-8-19/h1-11,25H,14-15H2. The molecule has 3 aromatic carbocycles. The number of rotatable bonds is 6. The number of hydrogen-bond donors (Lipinski definition) is 1. The van der Waals surface area contributed by atoms with E-state index in [4.69, 9.17) is 15.3 Å². The molecular weight excluding hydrogens is 356 g/mol. The van der Waals surface area contributed by atoms with Gasteiger partial charge in [-0.2, -0.15) is 10.5 Å². The second kappa shape index (κ2) is 8.80. The minimum atomic E-state index is 0.172. The number of benzene rings is 3. The highest BCUT2D eigenvalue weighted by Gasteiger charge is 2.06. The quantitative estimate of drug-likeness (QED) is 0.616. The zero-order valence-electron chi connectivity index (χ0n) is 14.4. The van der Waals surface area contributed by atoms with Gasteiger partial charge in [0.1, 0.15) is 18.1 Å². The molecule has 27 heavy (non-hydrogen) atoms. The van der Waals surface area contributed by atoms with Crippen LogP contribution in [0.15, 0.2) is 71.6 Å². The molecule has 4 nitrogen and oxygen atoms in total. The fourth-order valence-corrected chi connectivity index (χ4v) is 3.27. The minimum Gasteiger partial charge on any atom is -0.507 e. The zero-order valence-corrected chi connectivity index (χ0v) is 15.2. The van der Waals surface area contributed by atoms with E-state index in [1.165, 1.54) is 11.8 Å². The third kappa shape index (κ3) is 5.04. The summed E-state index contributed by atoms with van der Waals surface area (Å²) in [6.07, 6.45) is 0. The van der Waals surface area contributed by atoms with Crippen LogP contribution in [0.3, 0.4) is 0 Å². The highest BCUT2D eigenvalue weighted by atomic mass is 32.2. The predicted molar refractivity (Wildman–Crippen MR) is 104 cm³/mol. The van der Waals surface area contributed by atoms with Crippen LogP contribution >= 0.6 is 11.8 Å². The number of nitriles is 2. The first-order chi connectivity index (χ1) is 13.2. The molecule has 5 heteroatoms. The highest BCUT2D eigenvalue weighted by Crippen LogP contribution is 2.34. The second-order valence-corrected chi connectivity index (χ2v) is 6.84. The lowest BCUT2D eigenvalue weighted by Crippen LogP contribution is -1.95. The van der Waals surface area contributed by atoms with Crippen molar-refractivity contribution in [1.29, 1.82) is 10.5 Å². The molecule has 0 fully saturated rings. The van der Waals surface area contributed by atoms with Gasteiger partial charge in [0.25, 0.3) is 0 Å². The van der Waals surface area contributed by atoms with Crippen molar-refractivity contribution in [3.8, 4) is 23.6 Å². The molecule has 0 atom stereocenters. The van der Waals surface area contributed by atoms with Gasteiger partial charge in [-0.3, -0.25) is 0 Å². The number of aromatic hydroxyl groups is 1. The molecular formula is C22H16N2O2S. The van der Waals surface area contributed by atoms with Gasteiger partial charge < -0.3 is 9.84 Å². The molecule has 0 amide bonds.